The number of nitrogens with one attached hydrogen (secondary N) is 2. The Kier molecular flexibility index (Phi) is 4.39. The second-order valence-electron chi connectivity index (χ2n) is 3.70. The van der Waals surface area contributed by atoms with E-state index in [1.165, 1.54) is 0 Å². The molecule has 2 N–H and O–H groups in total. The van der Waals surface area contributed by atoms with Crippen LogP contribution < -0.4 is 10.6 Å². The van der Waals surface area contributed by atoms with Crippen molar-refractivity contribution in [3.63, 3.8) is 0 Å². The Balaban J connectivity index is 2.02. The molecule has 0 saturated carbocycles. The molecule has 1 aliphatic rings. The van der Waals surface area contributed by atoms with Gasteiger partial charge in [0.05, 0.1) is 18.9 Å². The molecule has 1 atom stereocenters. The van der Waals surface area contributed by atoms with Crippen LogP contribution in [0.15, 0.2) is 22.7 Å². The van der Waals surface area contributed by atoms with Crippen LogP contribution in [0.4, 0.5) is 5.69 Å². The van der Waals surface area contributed by atoms with E-state index < -0.39 is 0 Å². The average Bonchev–Trinajstić information content (AvgIpc) is 2.34. The van der Waals surface area contributed by atoms with Crippen molar-refractivity contribution in [3.8, 4) is 0 Å². The maximum absolute atomic E-state index is 11.9. The molecule has 92 valence electrons. The quantitative estimate of drug-likeness (QED) is 0.877. The van der Waals surface area contributed by atoms with Crippen LogP contribution in [-0.4, -0.2) is 31.7 Å². The summed E-state index contributed by atoms with van der Waals surface area (Å²) in [5.74, 6) is -0.104. The molecule has 0 aromatic heterocycles. The van der Waals surface area contributed by atoms with Gasteiger partial charge in [-0.05, 0) is 34.1 Å². The molecule has 6 heteroatoms. The molecule has 2 rings (SSSR count). The topological polar surface area (TPSA) is 50.4 Å². The second-order valence-corrected chi connectivity index (χ2v) is 4.99. The molecule has 0 spiro atoms. The van der Waals surface area contributed by atoms with E-state index in [1.807, 2.05) is 0 Å². The normalized spacial score (nSPS) is 20.0. The molecule has 1 saturated heterocycles. The van der Waals surface area contributed by atoms with E-state index in [0.29, 0.717) is 30.5 Å². The molecule has 0 bridgehead atoms. The number of halogens is 2. The summed E-state index contributed by atoms with van der Waals surface area (Å²) in [5.41, 5.74) is 0.701. The van der Waals surface area contributed by atoms with Crippen molar-refractivity contribution in [1.29, 1.82) is 0 Å². The zero-order valence-electron chi connectivity index (χ0n) is 9.00. The highest BCUT2D eigenvalue weighted by Crippen LogP contribution is 2.25. The maximum atomic E-state index is 11.9. The minimum Gasteiger partial charge on any atom is -0.378 e. The lowest BCUT2D eigenvalue weighted by Gasteiger charge is -2.23. The summed E-state index contributed by atoms with van der Waals surface area (Å²) >= 11 is 9.18. The molecular formula is C11H12BrClN2O2. The van der Waals surface area contributed by atoms with Crippen molar-refractivity contribution < 1.29 is 9.53 Å². The van der Waals surface area contributed by atoms with Crippen molar-refractivity contribution in [3.05, 3.63) is 27.7 Å². The first-order valence-electron chi connectivity index (χ1n) is 5.24. The first-order chi connectivity index (χ1) is 8.16. The van der Waals surface area contributed by atoms with Gasteiger partial charge in [-0.1, -0.05) is 11.6 Å². The van der Waals surface area contributed by atoms with Gasteiger partial charge in [-0.2, -0.15) is 0 Å². The largest absolute Gasteiger partial charge is 0.378 e. The lowest BCUT2D eigenvalue weighted by atomic mass is 10.2. The Morgan fingerprint density at radius 2 is 2.41 bits per heavy atom. The van der Waals surface area contributed by atoms with Crippen LogP contribution in [0, 0.1) is 0 Å². The maximum Gasteiger partial charge on any atom is 0.243 e. The minimum atomic E-state index is -0.300. The van der Waals surface area contributed by atoms with Gasteiger partial charge in [0.2, 0.25) is 5.91 Å². The number of benzene rings is 1. The van der Waals surface area contributed by atoms with Crippen molar-refractivity contribution >= 4 is 39.1 Å². The van der Waals surface area contributed by atoms with Gasteiger partial charge in [-0.3, -0.25) is 4.79 Å². The number of amides is 1. The van der Waals surface area contributed by atoms with Crippen LogP contribution in [0.25, 0.3) is 0 Å². The summed E-state index contributed by atoms with van der Waals surface area (Å²) in [5, 5.41) is 6.53. The third-order valence-electron chi connectivity index (χ3n) is 2.43. The van der Waals surface area contributed by atoms with Crippen LogP contribution in [-0.2, 0) is 9.53 Å². The number of hydrogen-bond donors (Lipinski definition) is 2. The van der Waals surface area contributed by atoms with E-state index in [1.54, 1.807) is 18.2 Å². The molecule has 1 aromatic carbocycles. The summed E-state index contributed by atoms with van der Waals surface area (Å²) in [6.45, 7) is 1.74. The summed E-state index contributed by atoms with van der Waals surface area (Å²) in [7, 11) is 0. The number of hydrogen-bond acceptors (Lipinski definition) is 3. The fourth-order valence-corrected chi connectivity index (χ4v) is 2.33. The number of carbonyl (C=O) groups excluding carboxylic acids is 1. The van der Waals surface area contributed by atoms with Gasteiger partial charge in [0.15, 0.2) is 0 Å². The van der Waals surface area contributed by atoms with Gasteiger partial charge in [0.1, 0.15) is 6.04 Å². The van der Waals surface area contributed by atoms with Gasteiger partial charge < -0.3 is 15.4 Å². The first-order valence-corrected chi connectivity index (χ1v) is 6.41. The minimum absolute atomic E-state index is 0.104. The van der Waals surface area contributed by atoms with Crippen molar-refractivity contribution in [2.75, 3.05) is 25.1 Å². The highest BCUT2D eigenvalue weighted by atomic mass is 79.9. The number of rotatable bonds is 2. The number of anilines is 1. The lowest BCUT2D eigenvalue weighted by molar-refractivity contribution is -0.120. The van der Waals surface area contributed by atoms with Crippen LogP contribution in [0.1, 0.15) is 0 Å². The monoisotopic (exact) mass is 318 g/mol. The lowest BCUT2D eigenvalue weighted by Crippen LogP contribution is -2.48. The van der Waals surface area contributed by atoms with Gasteiger partial charge in [0.25, 0.3) is 0 Å². The SMILES string of the molecule is O=C(Nc1ccc(Cl)cc1Br)C1COCCN1. The van der Waals surface area contributed by atoms with E-state index in [-0.39, 0.29) is 11.9 Å². The molecule has 0 radical (unpaired) electrons. The van der Waals surface area contributed by atoms with Gasteiger partial charge in [-0.15, -0.1) is 0 Å². The first kappa shape index (κ1) is 12.8. The molecule has 4 nitrogen and oxygen atoms in total. The van der Waals surface area contributed by atoms with Crippen LogP contribution >= 0.6 is 27.5 Å². The molecule has 1 fully saturated rings. The van der Waals surface area contributed by atoms with E-state index in [4.69, 9.17) is 16.3 Å². The van der Waals surface area contributed by atoms with Crippen molar-refractivity contribution in [2.24, 2.45) is 0 Å². The van der Waals surface area contributed by atoms with Crippen LogP contribution in [0.3, 0.4) is 0 Å². The Bertz CT molecular complexity index is 422. The average molecular weight is 320 g/mol. The Hall–Kier alpha value is -0.620. The smallest absolute Gasteiger partial charge is 0.243 e. The van der Waals surface area contributed by atoms with E-state index in [0.717, 1.165) is 4.47 Å². The summed E-state index contributed by atoms with van der Waals surface area (Å²) in [4.78, 5) is 11.9. The van der Waals surface area contributed by atoms with Crippen LogP contribution in [0.2, 0.25) is 5.02 Å². The molecule has 1 aliphatic heterocycles. The molecule has 1 aromatic rings. The number of ether oxygens (including phenoxy) is 1. The fraction of sp³-hybridized carbons (Fsp3) is 0.364. The van der Waals surface area contributed by atoms with Crippen molar-refractivity contribution in [2.45, 2.75) is 6.04 Å². The zero-order valence-corrected chi connectivity index (χ0v) is 11.3. The highest BCUT2D eigenvalue weighted by molar-refractivity contribution is 9.10. The Morgan fingerprint density at radius 3 is 3.06 bits per heavy atom. The Morgan fingerprint density at radius 1 is 1.59 bits per heavy atom. The van der Waals surface area contributed by atoms with Gasteiger partial charge in [0, 0.05) is 16.0 Å². The summed E-state index contributed by atoms with van der Waals surface area (Å²) in [6.07, 6.45) is 0. The molecule has 1 amide bonds. The third-order valence-corrected chi connectivity index (χ3v) is 3.32. The third kappa shape index (κ3) is 3.42. The molecule has 0 aliphatic carbocycles. The number of morpholine rings is 1. The fourth-order valence-electron chi connectivity index (χ4n) is 1.54. The van der Waals surface area contributed by atoms with E-state index >= 15 is 0 Å². The van der Waals surface area contributed by atoms with Crippen LogP contribution in [0.5, 0.6) is 0 Å². The van der Waals surface area contributed by atoms with Gasteiger partial charge >= 0.3 is 0 Å². The van der Waals surface area contributed by atoms with E-state index in [2.05, 4.69) is 26.6 Å². The zero-order chi connectivity index (χ0) is 12.3. The number of carbonyl (C=O) groups is 1. The predicted molar refractivity (Wildman–Crippen MR) is 70.4 cm³/mol. The molecule has 1 unspecified atom stereocenters. The highest BCUT2D eigenvalue weighted by Gasteiger charge is 2.21. The summed E-state index contributed by atoms with van der Waals surface area (Å²) < 4.78 is 5.99. The summed E-state index contributed by atoms with van der Waals surface area (Å²) in [6, 6.07) is 4.93. The standard InChI is InChI=1S/C11H12BrClN2O2/c12-8-5-7(13)1-2-9(8)15-11(16)10-6-17-4-3-14-10/h1-2,5,10,14H,3-4,6H2,(H,15,16). The van der Waals surface area contributed by atoms with Crippen molar-refractivity contribution in [1.82, 2.24) is 5.32 Å². The second kappa shape index (κ2) is 5.82. The molecule has 1 heterocycles. The predicted octanol–water partition coefficient (Wildman–Crippen LogP) is 2.03. The molecule has 17 heavy (non-hydrogen) atoms. The van der Waals surface area contributed by atoms with Gasteiger partial charge in [-0.25, -0.2) is 0 Å². The Labute approximate surface area is 113 Å². The van der Waals surface area contributed by atoms with E-state index in [9.17, 15) is 4.79 Å². The molecular weight excluding hydrogens is 307 g/mol.